The summed E-state index contributed by atoms with van der Waals surface area (Å²) in [5, 5.41) is 29.4. The molecular weight excluding hydrogens is 1580 g/mol. The number of nitrogens with zero attached hydrogens (tertiary/aromatic N) is 2. The number of alkyl carbamates (subject to hydrolysis) is 2. The number of carbonyl (C=O) groups is 8. The molecule has 0 radical (unpaired) electrons. The highest BCUT2D eigenvalue weighted by atomic mass is 79.9. The van der Waals surface area contributed by atoms with E-state index in [1.807, 2.05) is 48.5 Å². The Hall–Kier alpha value is -9.38. The van der Waals surface area contributed by atoms with E-state index in [0.717, 1.165) is 10.8 Å². The Balaban J connectivity index is 0.000000220. The summed E-state index contributed by atoms with van der Waals surface area (Å²) >= 11 is 3.46. The van der Waals surface area contributed by atoms with E-state index in [-0.39, 0.29) is 50.3 Å². The Morgan fingerprint density at radius 3 is 1.28 bits per heavy atom. The third-order valence-corrected chi connectivity index (χ3v) is 25.0. The SMILES string of the molecule is C=CC1C[C@]1(NC(=O)[C@@H]1C[C@@H](Oc2nc(-c3ccoc3)c(OC)c3ccccc23)CC1C(=O)[C@@H](NC(=O)OC(C)(C)C)C(C)(C)C)C(=O)NS(=O)(=O)C1CC1.C=CC1C[C@]1(NC(=O)[C@@H]1C[C@@H](Oc2nc(Br)c(OC)c3ccccc23)CC1C(=O)[C@@H](NC(=O)OC(C)(C)C)C(C)(C)C)C(=O)NS(=O)(=O)C1CC1.OB(O)c1ccoc1. The molecule has 6 saturated carbocycles. The van der Waals surface area contributed by atoms with Gasteiger partial charge in [0.05, 0.1) is 73.7 Å². The topological polar surface area (TPSA) is 425 Å². The summed E-state index contributed by atoms with van der Waals surface area (Å²) in [5.41, 5.74) is -4.83. The first-order valence-corrected chi connectivity index (χ1v) is 41.6. The molecule has 12 rings (SSSR count). The summed E-state index contributed by atoms with van der Waals surface area (Å²) in [5.74, 6) is -7.20. The highest BCUT2D eigenvalue weighted by Crippen LogP contribution is 2.50. The van der Waals surface area contributed by atoms with Crippen LogP contribution in [0.3, 0.4) is 0 Å². The molecule has 2 aromatic carbocycles. The molecule has 8 N–H and O–H groups in total. The number of hydrogen-bond donors (Lipinski definition) is 8. The van der Waals surface area contributed by atoms with E-state index in [1.54, 1.807) is 96.3 Å². The number of benzene rings is 2. The number of carbonyl (C=O) groups excluding carboxylic acids is 8. The van der Waals surface area contributed by atoms with Crippen LogP contribution >= 0.6 is 15.9 Å². The fourth-order valence-electron chi connectivity index (χ4n) is 14.4. The molecule has 0 saturated heterocycles. The molecule has 114 heavy (non-hydrogen) atoms. The van der Waals surface area contributed by atoms with Gasteiger partial charge >= 0.3 is 19.3 Å². The van der Waals surface area contributed by atoms with E-state index >= 15 is 0 Å². The maximum atomic E-state index is 14.7. The summed E-state index contributed by atoms with van der Waals surface area (Å²) in [6, 6.07) is 15.9. The summed E-state index contributed by atoms with van der Waals surface area (Å²) in [6.07, 6.45) is 8.18. The smallest absolute Gasteiger partial charge is 0.491 e. The number of amides is 6. The molecule has 0 aliphatic heterocycles. The van der Waals surface area contributed by atoms with Gasteiger partial charge in [0.25, 0.3) is 11.8 Å². The zero-order valence-electron chi connectivity index (χ0n) is 66.4. The second-order valence-electron chi connectivity index (χ2n) is 34.0. The van der Waals surface area contributed by atoms with E-state index in [4.69, 9.17) is 47.9 Å². The monoisotopic (exact) mass is 1680 g/mol. The van der Waals surface area contributed by atoms with Crippen LogP contribution in [-0.2, 0) is 58.3 Å². The number of Topliss-reactive ketones (excluding diaryl/α,β-unsaturated/α-hetero) is 2. The first-order valence-electron chi connectivity index (χ1n) is 37.7. The number of rotatable bonds is 26. The van der Waals surface area contributed by atoms with Crippen LogP contribution < -0.4 is 55.1 Å². The van der Waals surface area contributed by atoms with Gasteiger partial charge in [0, 0.05) is 56.2 Å². The molecule has 6 fully saturated rings. The lowest BCUT2D eigenvalue weighted by Crippen LogP contribution is -2.56. The van der Waals surface area contributed by atoms with Gasteiger partial charge in [-0.05, 0) is 157 Å². The molecular formula is C80H102BBrN8O22S2. The Morgan fingerprint density at radius 1 is 0.561 bits per heavy atom. The molecule has 30 nitrogen and oxygen atoms in total. The second-order valence-corrected chi connectivity index (χ2v) is 38.7. The summed E-state index contributed by atoms with van der Waals surface area (Å²) < 4.78 is 101. The number of halogens is 1. The predicted molar refractivity (Wildman–Crippen MR) is 426 cm³/mol. The van der Waals surface area contributed by atoms with Gasteiger partial charge in [-0.25, -0.2) is 36.4 Å². The maximum absolute atomic E-state index is 14.7. The summed E-state index contributed by atoms with van der Waals surface area (Å²) in [4.78, 5) is 120. The minimum atomic E-state index is -3.91. The maximum Gasteiger partial charge on any atom is 0.491 e. The highest BCUT2D eigenvalue weighted by molar-refractivity contribution is 9.10. The van der Waals surface area contributed by atoms with Gasteiger partial charge in [0.15, 0.2) is 27.7 Å². The zero-order valence-corrected chi connectivity index (χ0v) is 69.6. The zero-order chi connectivity index (χ0) is 83.8. The molecule has 4 unspecified atom stereocenters. The number of methoxy groups -OCH3 is 2. The van der Waals surface area contributed by atoms with Gasteiger partial charge in [-0.3, -0.25) is 38.2 Å². The quantitative estimate of drug-likeness (QED) is 0.0142. The van der Waals surface area contributed by atoms with Crippen LogP contribution in [0.15, 0.2) is 124 Å². The van der Waals surface area contributed by atoms with Gasteiger partial charge in [-0.1, -0.05) is 90.1 Å². The number of ketones is 2. The molecule has 4 aromatic heterocycles. The Bertz CT molecular complexity index is 4870. The molecule has 6 aliphatic carbocycles. The molecule has 6 amide bonds. The van der Waals surface area contributed by atoms with Crippen LogP contribution in [0.5, 0.6) is 23.3 Å². The number of nitrogens with one attached hydrogen (secondary N) is 6. The van der Waals surface area contributed by atoms with Gasteiger partial charge in [0.1, 0.15) is 40.2 Å². The van der Waals surface area contributed by atoms with Crippen molar-refractivity contribution in [3.05, 3.63) is 116 Å². The molecule has 616 valence electrons. The third-order valence-electron chi connectivity index (χ3n) is 20.8. The van der Waals surface area contributed by atoms with Crippen LogP contribution in [0.1, 0.15) is 147 Å². The molecule has 6 aliphatic rings. The first-order chi connectivity index (χ1) is 53.3. The molecule has 0 spiro atoms. The number of aromatic nitrogens is 2. The van der Waals surface area contributed by atoms with Crippen molar-refractivity contribution in [3.63, 3.8) is 0 Å². The average Bonchev–Trinajstić information content (AvgIpc) is 1.57. The first kappa shape index (κ1) is 87.0. The second kappa shape index (κ2) is 33.8. The van der Waals surface area contributed by atoms with Gasteiger partial charge in [-0.15, -0.1) is 13.2 Å². The Kier molecular flexibility index (Phi) is 25.8. The minimum Gasteiger partial charge on any atom is -0.494 e. The lowest BCUT2D eigenvalue weighted by molar-refractivity contribution is -0.137. The Morgan fingerprint density at radius 2 is 0.947 bits per heavy atom. The van der Waals surface area contributed by atoms with Crippen LogP contribution in [0.4, 0.5) is 9.59 Å². The molecule has 4 heterocycles. The third kappa shape index (κ3) is 20.3. The van der Waals surface area contributed by atoms with Crippen LogP contribution in [0.2, 0.25) is 0 Å². The largest absolute Gasteiger partial charge is 0.494 e. The number of ether oxygens (including phenoxy) is 6. The van der Waals surface area contributed by atoms with Gasteiger partial charge < -0.3 is 68.6 Å². The van der Waals surface area contributed by atoms with Crippen LogP contribution in [0.25, 0.3) is 32.8 Å². The number of sulfonamides is 2. The highest BCUT2D eigenvalue weighted by Gasteiger charge is 2.64. The van der Waals surface area contributed by atoms with Crippen molar-refractivity contribution in [1.82, 2.24) is 40.7 Å². The van der Waals surface area contributed by atoms with Crippen molar-refractivity contribution in [1.29, 1.82) is 0 Å². The van der Waals surface area contributed by atoms with E-state index in [9.17, 15) is 55.2 Å². The normalized spacial score (nSPS) is 23.7. The predicted octanol–water partition coefficient (Wildman–Crippen LogP) is 9.37. The van der Waals surface area contributed by atoms with Crippen molar-refractivity contribution >= 4 is 117 Å². The molecule has 34 heteroatoms. The lowest BCUT2D eigenvalue weighted by Gasteiger charge is -2.34. The lowest BCUT2D eigenvalue weighted by atomic mass is 9.77. The van der Waals surface area contributed by atoms with Crippen molar-refractivity contribution < 1.29 is 102 Å². The van der Waals surface area contributed by atoms with Crippen molar-refractivity contribution in [3.8, 4) is 34.5 Å². The summed E-state index contributed by atoms with van der Waals surface area (Å²) in [7, 11) is -6.13. The van der Waals surface area contributed by atoms with Crippen molar-refractivity contribution in [2.75, 3.05) is 14.2 Å². The molecule has 12 atom stereocenters. The number of pyridine rings is 2. The fraction of sp³-hybridized carbons (Fsp3) is 0.525. The molecule has 6 aromatic rings. The fourth-order valence-corrected chi connectivity index (χ4v) is 17.7. The van der Waals surface area contributed by atoms with Gasteiger partial charge in [0.2, 0.25) is 43.6 Å². The van der Waals surface area contributed by atoms with E-state index in [2.05, 4.69) is 69.2 Å². The minimum absolute atomic E-state index is 0.0471. The van der Waals surface area contributed by atoms with Crippen molar-refractivity contribution in [2.45, 2.75) is 204 Å². The average molecular weight is 1680 g/mol. The molecule has 0 bridgehead atoms. The number of fused-ring (bicyclic) bond motifs is 2. The number of furan rings is 2. The van der Waals surface area contributed by atoms with Crippen molar-refractivity contribution in [2.24, 2.45) is 46.3 Å². The van der Waals surface area contributed by atoms with E-state index in [1.165, 1.54) is 50.4 Å². The van der Waals surface area contributed by atoms with Crippen LogP contribution in [-0.4, -0.2) is 163 Å². The van der Waals surface area contributed by atoms with Crippen LogP contribution in [0, 0.1) is 46.3 Å². The summed E-state index contributed by atoms with van der Waals surface area (Å²) in [6.45, 7) is 28.6. The van der Waals surface area contributed by atoms with E-state index in [0.29, 0.717) is 69.3 Å². The Labute approximate surface area is 671 Å². The number of hydrogen-bond acceptors (Lipinski definition) is 24. The standard InChI is InChI=1S/C40H50N4O10S.C36H47BrN4O9S.C4H5BO3/c1-9-23-20-40(23,36(47)44-55(49,50)25-14-15-25)43-34(46)29-19-24(18-28(29)31(45)33(38(2,3)4)42-37(48)54-39(5,6)7)53-35-27-13-11-10-12-26(27)32(51-8)30(41-35)22-16-17-52-21-22;1-9-19-18-36(19,32(44)41-51(46,47)21-14-15-21)40-30(43)25-17-20(49-31-23-13-11-10-12-22(23)27(48-8)29(37)39-31)16-24(25)26(42)28(34(2,3)4)38-33(45)50-35(5,6)7;6-5(7)4-1-2-8-3-4/h9-13,16-17,21,23-25,28-29,33H,1,14-15,18-20H2,2-8H3,(H,42,48)(H,43,46)(H,44,47);9-13,19-21,24-25,28H,1,14-18H2,2-8H3,(H,38,45)(H,40,43)(H,41,44);1-3,6-7H/t23?,24-,28?,29+,33+,40+;19?,20-,24?,25+,28+,36+;/m00./s1. The van der Waals surface area contributed by atoms with Gasteiger partial charge in [-0.2, -0.15) is 0 Å². The van der Waals surface area contributed by atoms with E-state index < -0.39 is 178 Å².